The van der Waals surface area contributed by atoms with E-state index in [-0.39, 0.29) is 17.7 Å². The van der Waals surface area contributed by atoms with Crippen molar-refractivity contribution in [3.63, 3.8) is 0 Å². The van der Waals surface area contributed by atoms with Crippen LogP contribution in [0.1, 0.15) is 62.9 Å². The van der Waals surface area contributed by atoms with Crippen molar-refractivity contribution in [2.24, 2.45) is 5.92 Å². The number of unbranched alkanes of at least 4 members (excludes halogenated alkanes) is 2. The van der Waals surface area contributed by atoms with Gasteiger partial charge in [0, 0.05) is 31.7 Å². The number of carbonyl (C=O) groups excluding carboxylic acids is 2. The van der Waals surface area contributed by atoms with Crippen LogP contribution >= 0.6 is 0 Å². The van der Waals surface area contributed by atoms with E-state index < -0.39 is 6.04 Å². The molecule has 0 radical (unpaired) electrons. The summed E-state index contributed by atoms with van der Waals surface area (Å²) in [5.74, 6) is -0.0800. The van der Waals surface area contributed by atoms with Gasteiger partial charge in [-0.2, -0.15) is 0 Å². The molecule has 1 fully saturated rings. The number of carbonyl (C=O) groups is 2. The first-order chi connectivity index (χ1) is 13.5. The van der Waals surface area contributed by atoms with Crippen LogP contribution in [0.5, 0.6) is 0 Å². The maximum atomic E-state index is 13.0. The summed E-state index contributed by atoms with van der Waals surface area (Å²) in [7, 11) is 0. The lowest BCUT2D eigenvalue weighted by atomic mass is 10.0. The molecule has 5 nitrogen and oxygen atoms in total. The second kappa shape index (κ2) is 11.2. The van der Waals surface area contributed by atoms with E-state index >= 15 is 0 Å². The number of hydrogen-bond acceptors (Lipinski definition) is 3. The Bertz CT molecular complexity index is 619. The van der Waals surface area contributed by atoms with Crippen molar-refractivity contribution < 1.29 is 9.59 Å². The molecule has 0 aromatic heterocycles. The molecule has 1 aliphatic rings. The molecule has 0 saturated carbocycles. The molecule has 1 aliphatic heterocycles. The van der Waals surface area contributed by atoms with Crippen LogP contribution in [-0.2, 0) is 11.2 Å². The highest BCUT2D eigenvalue weighted by atomic mass is 16.2. The van der Waals surface area contributed by atoms with Gasteiger partial charge in [0.25, 0.3) is 5.91 Å². The van der Waals surface area contributed by atoms with E-state index in [1.54, 1.807) is 0 Å². The number of nitrogens with zero attached hydrogens (tertiary/aromatic N) is 2. The summed E-state index contributed by atoms with van der Waals surface area (Å²) in [6.07, 6.45) is 4.66. The number of aryl methyl sites for hydroxylation is 1. The number of benzene rings is 1. The summed E-state index contributed by atoms with van der Waals surface area (Å²) >= 11 is 0. The SMILES string of the molecule is CCCCCc1ccc(C(=O)NC(C(=O)N2CCN(CC)CC2)C(C)C)cc1. The van der Waals surface area contributed by atoms with Gasteiger partial charge in [-0.25, -0.2) is 0 Å². The van der Waals surface area contributed by atoms with Gasteiger partial charge in [-0.3, -0.25) is 9.59 Å². The van der Waals surface area contributed by atoms with Crippen molar-refractivity contribution in [1.82, 2.24) is 15.1 Å². The molecule has 28 heavy (non-hydrogen) atoms. The summed E-state index contributed by atoms with van der Waals surface area (Å²) < 4.78 is 0. The molecule has 0 bridgehead atoms. The standard InChI is InChI=1S/C23H37N3O2/c1-5-7-8-9-19-10-12-20(13-11-19)22(27)24-21(18(3)4)23(28)26-16-14-25(6-2)15-17-26/h10-13,18,21H,5-9,14-17H2,1-4H3,(H,24,27). The number of amides is 2. The molecule has 5 heteroatoms. The molecule has 2 rings (SSSR count). The lowest BCUT2D eigenvalue weighted by Crippen LogP contribution is -2.56. The fourth-order valence-electron chi connectivity index (χ4n) is 3.62. The maximum absolute atomic E-state index is 13.0. The minimum absolute atomic E-state index is 0.0373. The number of piperazine rings is 1. The zero-order chi connectivity index (χ0) is 20.5. The Morgan fingerprint density at radius 2 is 1.64 bits per heavy atom. The number of nitrogens with one attached hydrogen (secondary N) is 1. The van der Waals surface area contributed by atoms with Crippen LogP contribution < -0.4 is 5.32 Å². The van der Waals surface area contributed by atoms with Crippen LogP contribution in [0.2, 0.25) is 0 Å². The second-order valence-electron chi connectivity index (χ2n) is 8.11. The van der Waals surface area contributed by atoms with Crippen molar-refractivity contribution in [1.29, 1.82) is 0 Å². The van der Waals surface area contributed by atoms with E-state index in [9.17, 15) is 9.59 Å². The third kappa shape index (κ3) is 6.33. The molecule has 1 atom stereocenters. The van der Waals surface area contributed by atoms with E-state index in [1.165, 1.54) is 24.8 Å². The van der Waals surface area contributed by atoms with Gasteiger partial charge >= 0.3 is 0 Å². The van der Waals surface area contributed by atoms with Gasteiger partial charge in [0.2, 0.25) is 5.91 Å². The molecule has 1 unspecified atom stereocenters. The highest BCUT2D eigenvalue weighted by Gasteiger charge is 2.30. The predicted molar refractivity (Wildman–Crippen MR) is 114 cm³/mol. The largest absolute Gasteiger partial charge is 0.340 e. The van der Waals surface area contributed by atoms with Gasteiger partial charge in [-0.1, -0.05) is 52.7 Å². The fourth-order valence-corrected chi connectivity index (χ4v) is 3.62. The topological polar surface area (TPSA) is 52.7 Å². The van der Waals surface area contributed by atoms with Gasteiger partial charge in [0.05, 0.1) is 0 Å². The predicted octanol–water partition coefficient (Wildman–Crippen LogP) is 3.34. The number of likely N-dealkylation sites (N-methyl/N-ethyl adjacent to an activating group) is 1. The second-order valence-corrected chi connectivity index (χ2v) is 8.11. The molecule has 1 saturated heterocycles. The smallest absolute Gasteiger partial charge is 0.251 e. The minimum atomic E-state index is -0.482. The average Bonchev–Trinajstić information content (AvgIpc) is 2.72. The highest BCUT2D eigenvalue weighted by Crippen LogP contribution is 2.13. The third-order valence-corrected chi connectivity index (χ3v) is 5.64. The molecular formula is C23H37N3O2. The Labute approximate surface area is 170 Å². The van der Waals surface area contributed by atoms with Crippen LogP contribution in [0, 0.1) is 5.92 Å². The quantitative estimate of drug-likeness (QED) is 0.661. The monoisotopic (exact) mass is 387 g/mol. The van der Waals surface area contributed by atoms with E-state index in [0.29, 0.717) is 5.56 Å². The first-order valence-corrected chi connectivity index (χ1v) is 10.9. The molecule has 1 N–H and O–H groups in total. The summed E-state index contributed by atoms with van der Waals surface area (Å²) in [5.41, 5.74) is 1.88. The minimum Gasteiger partial charge on any atom is -0.340 e. The average molecular weight is 388 g/mol. The highest BCUT2D eigenvalue weighted by molar-refractivity contribution is 5.97. The van der Waals surface area contributed by atoms with E-state index in [0.717, 1.165) is 39.1 Å². The van der Waals surface area contributed by atoms with Crippen molar-refractivity contribution >= 4 is 11.8 Å². The Kier molecular flexibility index (Phi) is 8.97. The molecule has 1 heterocycles. The van der Waals surface area contributed by atoms with Gasteiger partial charge < -0.3 is 15.1 Å². The van der Waals surface area contributed by atoms with Crippen LogP contribution in [0.3, 0.4) is 0 Å². The van der Waals surface area contributed by atoms with Crippen molar-refractivity contribution in [3.8, 4) is 0 Å². The Balaban J connectivity index is 1.95. The Morgan fingerprint density at radius 3 is 2.18 bits per heavy atom. The fraction of sp³-hybridized carbons (Fsp3) is 0.652. The molecule has 0 aliphatic carbocycles. The lowest BCUT2D eigenvalue weighted by Gasteiger charge is -2.36. The van der Waals surface area contributed by atoms with E-state index in [2.05, 4.69) is 24.1 Å². The first kappa shape index (κ1) is 22.4. The van der Waals surface area contributed by atoms with Crippen LogP contribution in [0.4, 0.5) is 0 Å². The maximum Gasteiger partial charge on any atom is 0.251 e. The summed E-state index contributed by atoms with van der Waals surface area (Å²) in [6, 6.07) is 7.32. The summed E-state index contributed by atoms with van der Waals surface area (Å²) in [5, 5.41) is 2.98. The lowest BCUT2D eigenvalue weighted by molar-refractivity contribution is -0.136. The summed E-state index contributed by atoms with van der Waals surface area (Å²) in [6.45, 7) is 12.6. The molecule has 2 amide bonds. The van der Waals surface area contributed by atoms with Crippen molar-refractivity contribution in [2.45, 2.75) is 59.4 Å². The van der Waals surface area contributed by atoms with Crippen LogP contribution in [0.25, 0.3) is 0 Å². The van der Waals surface area contributed by atoms with E-state index in [4.69, 9.17) is 0 Å². The summed E-state index contributed by atoms with van der Waals surface area (Å²) in [4.78, 5) is 30.0. The molecule has 156 valence electrons. The molecule has 1 aromatic rings. The van der Waals surface area contributed by atoms with Gasteiger partial charge in [-0.15, -0.1) is 0 Å². The van der Waals surface area contributed by atoms with Gasteiger partial charge in [0.15, 0.2) is 0 Å². The van der Waals surface area contributed by atoms with Crippen LogP contribution in [0.15, 0.2) is 24.3 Å². The third-order valence-electron chi connectivity index (χ3n) is 5.64. The normalized spacial score (nSPS) is 16.2. The molecule has 0 spiro atoms. The van der Waals surface area contributed by atoms with Crippen LogP contribution in [-0.4, -0.2) is 60.4 Å². The Hall–Kier alpha value is -1.88. The first-order valence-electron chi connectivity index (χ1n) is 10.9. The van der Waals surface area contributed by atoms with Crippen molar-refractivity contribution in [3.05, 3.63) is 35.4 Å². The number of hydrogen-bond donors (Lipinski definition) is 1. The van der Waals surface area contributed by atoms with Crippen molar-refractivity contribution in [2.75, 3.05) is 32.7 Å². The van der Waals surface area contributed by atoms with Gasteiger partial charge in [0.1, 0.15) is 6.04 Å². The zero-order valence-corrected chi connectivity index (χ0v) is 18.0. The Morgan fingerprint density at radius 1 is 1.00 bits per heavy atom. The molecule has 1 aromatic carbocycles. The van der Waals surface area contributed by atoms with E-state index in [1.807, 2.05) is 43.0 Å². The zero-order valence-electron chi connectivity index (χ0n) is 18.0. The number of rotatable bonds is 9. The molecular weight excluding hydrogens is 350 g/mol. The van der Waals surface area contributed by atoms with Gasteiger partial charge in [-0.05, 0) is 43.0 Å².